The first-order valence-corrected chi connectivity index (χ1v) is 10.4. The van der Waals surface area contributed by atoms with Crippen LogP contribution in [0, 0.1) is 0 Å². The average Bonchev–Trinajstić information content (AvgIpc) is 2.96. The topological polar surface area (TPSA) is 52.6 Å². The van der Waals surface area contributed by atoms with E-state index in [9.17, 15) is 8.42 Å². The minimum atomic E-state index is -3.69. The highest BCUT2D eigenvalue weighted by Gasteiger charge is 2.22. The highest BCUT2D eigenvalue weighted by atomic mass is 35.5. The molecular formula is C15H17Cl2N3O2S2. The summed E-state index contributed by atoms with van der Waals surface area (Å²) in [5.74, 6) is 0. The molecule has 0 spiro atoms. The lowest BCUT2D eigenvalue weighted by atomic mass is 10.2. The zero-order valence-corrected chi connectivity index (χ0v) is 16.1. The Kier molecular flexibility index (Phi) is 5.27. The molecule has 0 bridgehead atoms. The molecule has 0 atom stereocenters. The number of halogens is 2. The molecule has 1 aliphatic heterocycles. The summed E-state index contributed by atoms with van der Waals surface area (Å²) in [5.41, 5.74) is 1.32. The van der Waals surface area contributed by atoms with Gasteiger partial charge in [0.15, 0.2) is 0 Å². The zero-order valence-electron chi connectivity index (χ0n) is 13.0. The van der Waals surface area contributed by atoms with E-state index >= 15 is 0 Å². The largest absolute Gasteiger partial charge is 0.367 e. The number of nitrogens with one attached hydrogen (secondary N) is 1. The van der Waals surface area contributed by atoms with Gasteiger partial charge in [-0.1, -0.05) is 23.2 Å². The van der Waals surface area contributed by atoms with Crippen molar-refractivity contribution in [3.63, 3.8) is 0 Å². The molecule has 0 radical (unpaired) electrons. The minimum Gasteiger partial charge on any atom is -0.367 e. The van der Waals surface area contributed by atoms with Gasteiger partial charge in [0.1, 0.15) is 4.21 Å². The van der Waals surface area contributed by atoms with Crippen molar-refractivity contribution in [3.8, 4) is 0 Å². The summed E-state index contributed by atoms with van der Waals surface area (Å²) >= 11 is 13.0. The van der Waals surface area contributed by atoms with Crippen LogP contribution in [0.25, 0.3) is 0 Å². The molecule has 2 heterocycles. The molecule has 3 rings (SSSR count). The first kappa shape index (κ1) is 17.8. The second-order valence-corrected chi connectivity index (χ2v) is 9.68. The Morgan fingerprint density at radius 1 is 1.08 bits per heavy atom. The van der Waals surface area contributed by atoms with Gasteiger partial charge in [-0.2, -0.15) is 0 Å². The van der Waals surface area contributed by atoms with Crippen LogP contribution in [0.1, 0.15) is 0 Å². The van der Waals surface area contributed by atoms with Gasteiger partial charge in [0.25, 0.3) is 10.0 Å². The third-order valence-electron chi connectivity index (χ3n) is 3.86. The average molecular weight is 406 g/mol. The molecule has 1 N–H and O–H groups in total. The van der Waals surface area contributed by atoms with Crippen molar-refractivity contribution in [1.29, 1.82) is 0 Å². The predicted octanol–water partition coefficient (Wildman–Crippen LogP) is 3.61. The Bertz CT molecular complexity index is 831. The first-order valence-electron chi connectivity index (χ1n) is 7.36. The fourth-order valence-corrected chi connectivity index (χ4v) is 5.27. The normalized spacial score (nSPS) is 16.4. The molecule has 0 amide bonds. The monoisotopic (exact) mass is 405 g/mol. The quantitative estimate of drug-likeness (QED) is 0.843. The van der Waals surface area contributed by atoms with Crippen molar-refractivity contribution in [2.45, 2.75) is 4.21 Å². The number of rotatable bonds is 4. The van der Waals surface area contributed by atoms with E-state index < -0.39 is 10.0 Å². The molecule has 1 aliphatic rings. The Morgan fingerprint density at radius 3 is 2.42 bits per heavy atom. The Hall–Kier alpha value is -0.990. The van der Waals surface area contributed by atoms with E-state index in [0.717, 1.165) is 43.2 Å². The lowest BCUT2D eigenvalue weighted by Gasteiger charge is -2.35. The second kappa shape index (κ2) is 7.09. The summed E-state index contributed by atoms with van der Waals surface area (Å²) in [6.07, 6.45) is 0. The number of likely N-dealkylation sites (N-methyl/N-ethyl adjacent to an activating group) is 1. The molecule has 1 fully saturated rings. The number of benzene rings is 1. The van der Waals surface area contributed by atoms with Gasteiger partial charge in [0.05, 0.1) is 15.7 Å². The van der Waals surface area contributed by atoms with Crippen LogP contribution in [0.5, 0.6) is 0 Å². The SMILES string of the molecule is CN1CCN(c2ccc(Cl)cc2NS(=O)(=O)c2ccc(Cl)s2)CC1. The number of hydrogen-bond donors (Lipinski definition) is 1. The van der Waals surface area contributed by atoms with Crippen LogP contribution >= 0.6 is 34.5 Å². The van der Waals surface area contributed by atoms with Crippen LogP contribution < -0.4 is 9.62 Å². The Morgan fingerprint density at radius 2 is 1.79 bits per heavy atom. The van der Waals surface area contributed by atoms with Crippen LogP contribution in [0.2, 0.25) is 9.36 Å². The maximum absolute atomic E-state index is 12.6. The van der Waals surface area contributed by atoms with E-state index in [2.05, 4.69) is 21.6 Å². The van der Waals surface area contributed by atoms with Crippen molar-refractivity contribution in [1.82, 2.24) is 4.90 Å². The van der Waals surface area contributed by atoms with Crippen LogP contribution in [-0.4, -0.2) is 46.5 Å². The van der Waals surface area contributed by atoms with Crippen molar-refractivity contribution in [2.75, 3.05) is 42.8 Å². The molecule has 9 heteroatoms. The van der Waals surface area contributed by atoms with E-state index in [1.807, 2.05) is 6.07 Å². The van der Waals surface area contributed by atoms with E-state index in [-0.39, 0.29) is 4.21 Å². The third-order valence-corrected chi connectivity index (χ3v) is 7.18. The van der Waals surface area contributed by atoms with Gasteiger partial charge in [-0.05, 0) is 37.4 Å². The van der Waals surface area contributed by atoms with Crippen LogP contribution in [0.4, 0.5) is 11.4 Å². The van der Waals surface area contributed by atoms with Gasteiger partial charge in [-0.3, -0.25) is 4.72 Å². The van der Waals surface area contributed by atoms with Crippen LogP contribution in [0.3, 0.4) is 0 Å². The number of piperazine rings is 1. The number of thiophene rings is 1. The number of nitrogens with zero attached hydrogens (tertiary/aromatic N) is 2. The molecule has 24 heavy (non-hydrogen) atoms. The lowest BCUT2D eigenvalue weighted by Crippen LogP contribution is -2.44. The predicted molar refractivity (Wildman–Crippen MR) is 101 cm³/mol. The Labute approximate surface area is 155 Å². The second-order valence-electron chi connectivity index (χ2n) is 5.62. The van der Waals surface area contributed by atoms with Gasteiger partial charge >= 0.3 is 0 Å². The van der Waals surface area contributed by atoms with E-state index in [1.165, 1.54) is 6.07 Å². The van der Waals surface area contributed by atoms with Crippen LogP contribution in [0.15, 0.2) is 34.5 Å². The maximum Gasteiger partial charge on any atom is 0.271 e. The van der Waals surface area contributed by atoms with E-state index in [1.54, 1.807) is 18.2 Å². The highest BCUT2D eigenvalue weighted by Crippen LogP contribution is 2.33. The fourth-order valence-electron chi connectivity index (χ4n) is 2.55. The summed E-state index contributed by atoms with van der Waals surface area (Å²) in [4.78, 5) is 4.40. The lowest BCUT2D eigenvalue weighted by molar-refractivity contribution is 0.313. The van der Waals surface area contributed by atoms with E-state index in [4.69, 9.17) is 23.2 Å². The van der Waals surface area contributed by atoms with Crippen LogP contribution in [-0.2, 0) is 10.0 Å². The molecule has 2 aromatic rings. The first-order chi connectivity index (χ1) is 11.3. The molecule has 130 valence electrons. The molecule has 0 saturated carbocycles. The minimum absolute atomic E-state index is 0.178. The van der Waals surface area contributed by atoms with Gasteiger partial charge in [0.2, 0.25) is 0 Å². The standard InChI is InChI=1S/C15H17Cl2N3O2S2/c1-19-6-8-20(9-7-19)13-3-2-11(16)10-12(13)18-24(21,22)15-5-4-14(17)23-15/h2-5,10,18H,6-9H2,1H3. The summed E-state index contributed by atoms with van der Waals surface area (Å²) < 4.78 is 28.4. The maximum atomic E-state index is 12.6. The fraction of sp³-hybridized carbons (Fsp3) is 0.333. The highest BCUT2D eigenvalue weighted by molar-refractivity contribution is 7.94. The molecule has 5 nitrogen and oxygen atoms in total. The summed E-state index contributed by atoms with van der Waals surface area (Å²) in [6, 6.07) is 8.33. The number of sulfonamides is 1. The molecule has 1 saturated heterocycles. The number of anilines is 2. The van der Waals surface area contributed by atoms with Crippen molar-refractivity contribution >= 4 is 55.9 Å². The van der Waals surface area contributed by atoms with E-state index in [0.29, 0.717) is 15.0 Å². The zero-order chi connectivity index (χ0) is 17.3. The summed E-state index contributed by atoms with van der Waals surface area (Å²) in [5, 5.41) is 0.481. The smallest absolute Gasteiger partial charge is 0.271 e. The molecular weight excluding hydrogens is 389 g/mol. The molecule has 1 aromatic heterocycles. The van der Waals surface area contributed by atoms with Gasteiger partial charge < -0.3 is 9.80 Å². The summed E-state index contributed by atoms with van der Waals surface area (Å²) in [7, 11) is -1.62. The molecule has 0 aliphatic carbocycles. The summed E-state index contributed by atoms with van der Waals surface area (Å²) in [6.45, 7) is 3.51. The van der Waals surface area contributed by atoms with Crippen molar-refractivity contribution in [3.05, 3.63) is 39.7 Å². The Balaban J connectivity index is 1.91. The van der Waals surface area contributed by atoms with Gasteiger partial charge in [0, 0.05) is 31.2 Å². The number of hydrogen-bond acceptors (Lipinski definition) is 5. The third kappa shape index (κ3) is 3.97. The van der Waals surface area contributed by atoms with Crippen molar-refractivity contribution < 1.29 is 8.42 Å². The van der Waals surface area contributed by atoms with Crippen molar-refractivity contribution in [2.24, 2.45) is 0 Å². The molecule has 1 aromatic carbocycles. The van der Waals surface area contributed by atoms with Gasteiger partial charge in [-0.25, -0.2) is 8.42 Å². The van der Waals surface area contributed by atoms with Gasteiger partial charge in [-0.15, -0.1) is 11.3 Å². The molecule has 0 unspecified atom stereocenters.